The normalized spacial score (nSPS) is 13.8. The molecule has 0 radical (unpaired) electrons. The highest BCUT2D eigenvalue weighted by Gasteiger charge is 2.37. The highest BCUT2D eigenvalue weighted by molar-refractivity contribution is 5.90. The van der Waals surface area contributed by atoms with Crippen LogP contribution >= 0.6 is 0 Å². The first-order chi connectivity index (χ1) is 8.96. The van der Waals surface area contributed by atoms with Gasteiger partial charge in [-0.05, 0) is 17.7 Å². The smallest absolute Gasteiger partial charge is 0.174 e. The van der Waals surface area contributed by atoms with Crippen LogP contribution in [0.3, 0.4) is 0 Å². The van der Waals surface area contributed by atoms with Gasteiger partial charge in [0.15, 0.2) is 5.60 Å². The maximum absolute atomic E-state index is 13.8. The number of rotatable bonds is 3. The second kappa shape index (κ2) is 4.78. The molecule has 2 rings (SSSR count). The van der Waals surface area contributed by atoms with E-state index in [4.69, 9.17) is 11.1 Å². The van der Waals surface area contributed by atoms with E-state index in [1.54, 1.807) is 18.2 Å². The Labute approximate surface area is 108 Å². The lowest BCUT2D eigenvalue weighted by Gasteiger charge is -2.28. The van der Waals surface area contributed by atoms with E-state index in [0.717, 1.165) is 12.1 Å². The highest BCUT2D eigenvalue weighted by atomic mass is 19.1. The van der Waals surface area contributed by atoms with Crippen molar-refractivity contribution in [3.63, 3.8) is 0 Å². The fraction of sp³-hybridized carbons (Fsp3) is 0.0714. The average molecular weight is 262 g/mol. The van der Waals surface area contributed by atoms with E-state index < -0.39 is 23.1 Å². The van der Waals surface area contributed by atoms with Gasteiger partial charge in [0.25, 0.3) is 0 Å². The molecule has 0 heterocycles. The van der Waals surface area contributed by atoms with Crippen molar-refractivity contribution >= 4 is 5.84 Å². The van der Waals surface area contributed by atoms with Crippen molar-refractivity contribution in [2.45, 2.75) is 5.60 Å². The number of halogens is 2. The summed E-state index contributed by atoms with van der Waals surface area (Å²) in [5.74, 6) is -2.36. The third-order valence-electron chi connectivity index (χ3n) is 2.90. The van der Waals surface area contributed by atoms with Gasteiger partial charge in [-0.2, -0.15) is 0 Å². The van der Waals surface area contributed by atoms with E-state index in [9.17, 15) is 13.9 Å². The molecular weight excluding hydrogens is 250 g/mol. The van der Waals surface area contributed by atoms with Gasteiger partial charge in [-0.15, -0.1) is 0 Å². The van der Waals surface area contributed by atoms with Gasteiger partial charge in [0, 0.05) is 11.6 Å². The molecule has 2 aromatic carbocycles. The maximum Gasteiger partial charge on any atom is 0.174 e. The Morgan fingerprint density at radius 1 is 1.11 bits per heavy atom. The second-order valence-corrected chi connectivity index (χ2v) is 4.11. The topological polar surface area (TPSA) is 70.1 Å². The molecule has 0 saturated carbocycles. The van der Waals surface area contributed by atoms with Crippen LogP contribution in [-0.4, -0.2) is 10.9 Å². The van der Waals surface area contributed by atoms with Crippen molar-refractivity contribution < 1.29 is 13.9 Å². The molecule has 0 spiro atoms. The maximum atomic E-state index is 13.8. The number of nitrogens with two attached hydrogens (primary N) is 1. The Hall–Kier alpha value is -2.27. The molecule has 0 amide bonds. The van der Waals surface area contributed by atoms with Crippen molar-refractivity contribution in [2.24, 2.45) is 5.73 Å². The van der Waals surface area contributed by atoms with E-state index in [2.05, 4.69) is 0 Å². The highest BCUT2D eigenvalue weighted by Crippen LogP contribution is 2.31. The van der Waals surface area contributed by atoms with Crippen LogP contribution in [0.15, 0.2) is 48.5 Å². The molecule has 1 atom stereocenters. The fourth-order valence-electron chi connectivity index (χ4n) is 1.92. The lowest BCUT2D eigenvalue weighted by atomic mass is 9.85. The molecule has 0 aliphatic rings. The Morgan fingerprint density at radius 3 is 2.26 bits per heavy atom. The van der Waals surface area contributed by atoms with Crippen LogP contribution in [0.5, 0.6) is 0 Å². The minimum Gasteiger partial charge on any atom is -0.385 e. The number of hydrogen-bond acceptors (Lipinski definition) is 2. The summed E-state index contributed by atoms with van der Waals surface area (Å²) in [6, 6.07) is 10.7. The summed E-state index contributed by atoms with van der Waals surface area (Å²) in [7, 11) is 0. The molecule has 0 aromatic heterocycles. The number of benzene rings is 2. The van der Waals surface area contributed by atoms with Crippen LogP contribution in [0.1, 0.15) is 11.1 Å². The first kappa shape index (κ1) is 13.2. The number of aliphatic hydroxyl groups is 1. The minimum absolute atomic E-state index is 0.244. The van der Waals surface area contributed by atoms with Gasteiger partial charge in [-0.1, -0.05) is 30.3 Å². The molecule has 0 aliphatic heterocycles. The van der Waals surface area contributed by atoms with E-state index in [0.29, 0.717) is 6.07 Å². The molecular formula is C14H12F2N2O. The van der Waals surface area contributed by atoms with Gasteiger partial charge in [-0.25, -0.2) is 8.78 Å². The summed E-state index contributed by atoms with van der Waals surface area (Å²) in [4.78, 5) is 0. The molecule has 1 unspecified atom stereocenters. The third kappa shape index (κ3) is 2.20. The molecule has 98 valence electrons. The molecule has 0 aliphatic carbocycles. The summed E-state index contributed by atoms with van der Waals surface area (Å²) >= 11 is 0. The standard InChI is InChI=1S/C14H12F2N2O/c15-10-6-7-11(12(16)8-10)14(19,13(17)18)9-4-2-1-3-5-9/h1-8,19H,(H3,17,18). The lowest BCUT2D eigenvalue weighted by Crippen LogP contribution is -2.42. The Kier molecular flexibility index (Phi) is 3.31. The predicted molar refractivity (Wildman–Crippen MR) is 67.7 cm³/mol. The lowest BCUT2D eigenvalue weighted by molar-refractivity contribution is 0.148. The van der Waals surface area contributed by atoms with Gasteiger partial charge < -0.3 is 10.8 Å². The van der Waals surface area contributed by atoms with Gasteiger partial charge in [0.1, 0.15) is 17.5 Å². The number of nitrogens with one attached hydrogen (secondary N) is 1. The zero-order valence-corrected chi connectivity index (χ0v) is 9.90. The molecule has 3 nitrogen and oxygen atoms in total. The molecule has 0 saturated heterocycles. The summed E-state index contributed by atoms with van der Waals surface area (Å²) in [6.07, 6.45) is 0. The van der Waals surface area contributed by atoms with Gasteiger partial charge in [0.05, 0.1) is 0 Å². The van der Waals surface area contributed by atoms with Crippen LogP contribution in [-0.2, 0) is 5.60 Å². The monoisotopic (exact) mass is 262 g/mol. The van der Waals surface area contributed by atoms with Crippen molar-refractivity contribution in [3.05, 3.63) is 71.3 Å². The van der Waals surface area contributed by atoms with Crippen molar-refractivity contribution in [1.29, 1.82) is 5.41 Å². The third-order valence-corrected chi connectivity index (χ3v) is 2.90. The SMILES string of the molecule is N=C(N)C(O)(c1ccccc1)c1ccc(F)cc1F. The predicted octanol–water partition coefficient (Wildman–Crippen LogP) is 2.14. The van der Waals surface area contributed by atoms with E-state index in [1.165, 1.54) is 12.1 Å². The Morgan fingerprint density at radius 2 is 1.74 bits per heavy atom. The van der Waals surface area contributed by atoms with E-state index >= 15 is 0 Å². The summed E-state index contributed by atoms with van der Waals surface area (Å²) in [6.45, 7) is 0. The van der Waals surface area contributed by atoms with Crippen LogP contribution in [0.4, 0.5) is 8.78 Å². The van der Waals surface area contributed by atoms with E-state index in [1.807, 2.05) is 0 Å². The molecule has 4 N–H and O–H groups in total. The zero-order valence-electron chi connectivity index (χ0n) is 9.90. The number of amidine groups is 1. The van der Waals surface area contributed by atoms with Gasteiger partial charge in [-0.3, -0.25) is 5.41 Å². The van der Waals surface area contributed by atoms with Gasteiger partial charge in [0.2, 0.25) is 0 Å². The summed E-state index contributed by atoms with van der Waals surface area (Å²) in [5, 5.41) is 18.1. The molecule has 19 heavy (non-hydrogen) atoms. The second-order valence-electron chi connectivity index (χ2n) is 4.11. The van der Waals surface area contributed by atoms with Crippen molar-refractivity contribution in [2.75, 3.05) is 0 Å². The van der Waals surface area contributed by atoms with Crippen LogP contribution in [0.2, 0.25) is 0 Å². The van der Waals surface area contributed by atoms with Crippen molar-refractivity contribution in [1.82, 2.24) is 0 Å². The minimum atomic E-state index is -2.11. The van der Waals surface area contributed by atoms with E-state index in [-0.39, 0.29) is 11.1 Å². The molecule has 5 heteroatoms. The molecule has 2 aromatic rings. The summed E-state index contributed by atoms with van der Waals surface area (Å²) < 4.78 is 26.8. The van der Waals surface area contributed by atoms with Crippen molar-refractivity contribution in [3.8, 4) is 0 Å². The summed E-state index contributed by atoms with van der Waals surface area (Å²) in [5.41, 5.74) is 3.29. The zero-order chi connectivity index (χ0) is 14.0. The molecule has 0 bridgehead atoms. The quantitative estimate of drug-likeness (QED) is 0.586. The fourth-order valence-corrected chi connectivity index (χ4v) is 1.92. The largest absolute Gasteiger partial charge is 0.385 e. The van der Waals surface area contributed by atoms with Gasteiger partial charge >= 0.3 is 0 Å². The number of hydrogen-bond donors (Lipinski definition) is 3. The Bertz CT molecular complexity index is 616. The molecule has 0 fully saturated rings. The van der Waals surface area contributed by atoms with Crippen LogP contribution < -0.4 is 5.73 Å². The average Bonchev–Trinajstić information content (AvgIpc) is 2.38. The Balaban J connectivity index is 2.67. The first-order valence-electron chi connectivity index (χ1n) is 5.54. The van der Waals surface area contributed by atoms with Crippen LogP contribution in [0.25, 0.3) is 0 Å². The van der Waals surface area contributed by atoms with Crippen LogP contribution in [0, 0.1) is 17.0 Å². The first-order valence-corrected chi connectivity index (χ1v) is 5.54.